The summed E-state index contributed by atoms with van der Waals surface area (Å²) in [6.45, 7) is 16.2. The van der Waals surface area contributed by atoms with Gasteiger partial charge in [-0.2, -0.15) is 5.10 Å². The molecule has 0 fully saturated rings. The van der Waals surface area contributed by atoms with E-state index in [1.165, 1.54) is 11.3 Å². The molecule has 1 N–H and O–H groups in total. The Morgan fingerprint density at radius 1 is 1.37 bits per heavy atom. The lowest BCUT2D eigenvalue weighted by atomic mass is 10.1. The predicted molar refractivity (Wildman–Crippen MR) is 79.2 cm³/mol. The Balaban J connectivity index is 2.42. The molecule has 0 atom stereocenters. The molecule has 0 amide bonds. The highest BCUT2D eigenvalue weighted by atomic mass is 16.5. The molecule has 1 aromatic heterocycles. The molecular weight excluding hydrogens is 238 g/mol. The van der Waals surface area contributed by atoms with Gasteiger partial charge in [0.1, 0.15) is 0 Å². The van der Waals surface area contributed by atoms with Crippen molar-refractivity contribution in [2.45, 2.75) is 60.2 Å². The van der Waals surface area contributed by atoms with Crippen LogP contribution in [0.1, 0.15) is 45.9 Å². The SMILES string of the molecule is Cc1c(CNC(C)(C)C)cnn1CCOCC(C)C. The van der Waals surface area contributed by atoms with E-state index in [1.54, 1.807) is 0 Å². The second-order valence-corrected chi connectivity index (χ2v) is 6.55. The zero-order chi connectivity index (χ0) is 14.5. The molecule has 1 heterocycles. The predicted octanol–water partition coefficient (Wildman–Crippen LogP) is 2.75. The van der Waals surface area contributed by atoms with Gasteiger partial charge in [0, 0.05) is 29.9 Å². The quantitative estimate of drug-likeness (QED) is 0.772. The van der Waals surface area contributed by atoms with Gasteiger partial charge in [0.15, 0.2) is 0 Å². The summed E-state index contributed by atoms with van der Waals surface area (Å²) >= 11 is 0. The van der Waals surface area contributed by atoms with Crippen LogP contribution in [0.5, 0.6) is 0 Å². The molecule has 0 saturated heterocycles. The largest absolute Gasteiger partial charge is 0.379 e. The molecule has 1 rings (SSSR count). The minimum absolute atomic E-state index is 0.134. The summed E-state index contributed by atoms with van der Waals surface area (Å²) in [6, 6.07) is 0. The van der Waals surface area contributed by atoms with Crippen molar-refractivity contribution < 1.29 is 4.74 Å². The van der Waals surface area contributed by atoms with E-state index in [9.17, 15) is 0 Å². The van der Waals surface area contributed by atoms with Crippen molar-refractivity contribution in [2.75, 3.05) is 13.2 Å². The van der Waals surface area contributed by atoms with Crippen LogP contribution in [0, 0.1) is 12.8 Å². The first-order valence-corrected chi connectivity index (χ1v) is 7.13. The fourth-order valence-corrected chi connectivity index (χ4v) is 1.71. The summed E-state index contributed by atoms with van der Waals surface area (Å²) in [5, 5.41) is 7.92. The molecule has 19 heavy (non-hydrogen) atoms. The number of aromatic nitrogens is 2. The van der Waals surface area contributed by atoms with Gasteiger partial charge in [0.05, 0.1) is 19.3 Å². The molecule has 0 aliphatic carbocycles. The Hall–Kier alpha value is -0.870. The van der Waals surface area contributed by atoms with Crippen LogP contribution in [-0.2, 0) is 17.8 Å². The molecular formula is C15H29N3O. The number of rotatable bonds is 7. The van der Waals surface area contributed by atoms with E-state index >= 15 is 0 Å². The maximum absolute atomic E-state index is 5.60. The molecule has 0 spiro atoms. The summed E-state index contributed by atoms with van der Waals surface area (Å²) in [4.78, 5) is 0. The first kappa shape index (κ1) is 16.2. The van der Waals surface area contributed by atoms with Gasteiger partial charge in [-0.05, 0) is 33.6 Å². The number of nitrogens with one attached hydrogen (secondary N) is 1. The van der Waals surface area contributed by atoms with Crippen LogP contribution in [0.2, 0.25) is 0 Å². The van der Waals surface area contributed by atoms with E-state index in [0.29, 0.717) is 5.92 Å². The normalized spacial score (nSPS) is 12.4. The van der Waals surface area contributed by atoms with Crippen LogP contribution in [0.3, 0.4) is 0 Å². The fourth-order valence-electron chi connectivity index (χ4n) is 1.71. The Labute approximate surface area is 117 Å². The van der Waals surface area contributed by atoms with Crippen LogP contribution in [-0.4, -0.2) is 28.5 Å². The van der Waals surface area contributed by atoms with Gasteiger partial charge >= 0.3 is 0 Å². The number of ether oxygens (including phenoxy) is 1. The zero-order valence-corrected chi connectivity index (χ0v) is 13.3. The summed E-state index contributed by atoms with van der Waals surface area (Å²) in [5.41, 5.74) is 2.62. The first-order chi connectivity index (χ1) is 8.79. The molecule has 110 valence electrons. The lowest BCUT2D eigenvalue weighted by Crippen LogP contribution is -2.35. The fraction of sp³-hybridized carbons (Fsp3) is 0.800. The van der Waals surface area contributed by atoms with Gasteiger partial charge in [-0.25, -0.2) is 0 Å². The molecule has 1 aromatic rings. The standard InChI is InChI=1S/C15H29N3O/c1-12(2)11-19-8-7-18-13(3)14(10-17-18)9-16-15(4,5)6/h10,12,16H,7-9,11H2,1-6H3. The molecule has 0 aliphatic heterocycles. The highest BCUT2D eigenvalue weighted by molar-refractivity contribution is 5.16. The monoisotopic (exact) mass is 267 g/mol. The van der Waals surface area contributed by atoms with E-state index in [0.717, 1.165) is 26.3 Å². The molecule has 0 radical (unpaired) electrons. The maximum Gasteiger partial charge on any atom is 0.0662 e. The highest BCUT2D eigenvalue weighted by Crippen LogP contribution is 2.09. The lowest BCUT2D eigenvalue weighted by molar-refractivity contribution is 0.101. The number of hydrogen-bond donors (Lipinski definition) is 1. The van der Waals surface area contributed by atoms with Crippen LogP contribution >= 0.6 is 0 Å². The van der Waals surface area contributed by atoms with Crippen molar-refractivity contribution in [1.82, 2.24) is 15.1 Å². The van der Waals surface area contributed by atoms with E-state index in [1.807, 2.05) is 10.9 Å². The number of hydrogen-bond acceptors (Lipinski definition) is 3. The first-order valence-electron chi connectivity index (χ1n) is 7.13. The minimum Gasteiger partial charge on any atom is -0.379 e. The third-order valence-electron chi connectivity index (χ3n) is 2.91. The third-order valence-corrected chi connectivity index (χ3v) is 2.91. The molecule has 0 bridgehead atoms. The van der Waals surface area contributed by atoms with E-state index in [4.69, 9.17) is 4.74 Å². The van der Waals surface area contributed by atoms with Crippen molar-refractivity contribution in [3.63, 3.8) is 0 Å². The van der Waals surface area contributed by atoms with Gasteiger partial charge in [0.25, 0.3) is 0 Å². The summed E-state index contributed by atoms with van der Waals surface area (Å²) in [5.74, 6) is 0.588. The topological polar surface area (TPSA) is 39.1 Å². The van der Waals surface area contributed by atoms with E-state index in [2.05, 4.69) is 52.0 Å². The molecule has 0 unspecified atom stereocenters. The van der Waals surface area contributed by atoms with Crippen molar-refractivity contribution in [3.05, 3.63) is 17.5 Å². The van der Waals surface area contributed by atoms with Crippen molar-refractivity contribution in [1.29, 1.82) is 0 Å². The summed E-state index contributed by atoms with van der Waals surface area (Å²) < 4.78 is 7.63. The highest BCUT2D eigenvalue weighted by Gasteiger charge is 2.11. The average Bonchev–Trinajstić information content (AvgIpc) is 2.62. The second kappa shape index (κ2) is 7.06. The van der Waals surface area contributed by atoms with Crippen molar-refractivity contribution in [2.24, 2.45) is 5.92 Å². The zero-order valence-electron chi connectivity index (χ0n) is 13.3. The summed E-state index contributed by atoms with van der Waals surface area (Å²) in [7, 11) is 0. The van der Waals surface area contributed by atoms with Crippen molar-refractivity contribution >= 4 is 0 Å². The van der Waals surface area contributed by atoms with Crippen LogP contribution in [0.25, 0.3) is 0 Å². The van der Waals surface area contributed by atoms with Gasteiger partial charge in [0.2, 0.25) is 0 Å². The lowest BCUT2D eigenvalue weighted by Gasteiger charge is -2.20. The van der Waals surface area contributed by atoms with Gasteiger partial charge in [-0.15, -0.1) is 0 Å². The van der Waals surface area contributed by atoms with Crippen LogP contribution in [0.15, 0.2) is 6.20 Å². The minimum atomic E-state index is 0.134. The van der Waals surface area contributed by atoms with E-state index in [-0.39, 0.29) is 5.54 Å². The molecule has 4 nitrogen and oxygen atoms in total. The van der Waals surface area contributed by atoms with Crippen LogP contribution < -0.4 is 5.32 Å². The van der Waals surface area contributed by atoms with Gasteiger partial charge in [-0.1, -0.05) is 13.8 Å². The molecule has 0 saturated carbocycles. The Bertz CT molecular complexity index is 377. The number of nitrogens with zero attached hydrogens (tertiary/aromatic N) is 2. The molecule has 4 heteroatoms. The Kier molecular flexibility index (Phi) is 6.01. The second-order valence-electron chi connectivity index (χ2n) is 6.55. The molecule has 0 aromatic carbocycles. The smallest absolute Gasteiger partial charge is 0.0662 e. The third kappa shape index (κ3) is 6.21. The van der Waals surface area contributed by atoms with Crippen molar-refractivity contribution in [3.8, 4) is 0 Å². The van der Waals surface area contributed by atoms with Gasteiger partial charge in [-0.3, -0.25) is 4.68 Å². The van der Waals surface area contributed by atoms with Crippen LogP contribution in [0.4, 0.5) is 0 Å². The van der Waals surface area contributed by atoms with E-state index < -0.39 is 0 Å². The Morgan fingerprint density at radius 2 is 2.05 bits per heavy atom. The van der Waals surface area contributed by atoms with Gasteiger partial charge < -0.3 is 10.1 Å². The maximum atomic E-state index is 5.60. The summed E-state index contributed by atoms with van der Waals surface area (Å²) in [6.07, 6.45) is 1.95. The average molecular weight is 267 g/mol. The Morgan fingerprint density at radius 3 is 2.63 bits per heavy atom. The molecule has 0 aliphatic rings.